The van der Waals surface area contributed by atoms with Gasteiger partial charge in [-0.25, -0.2) is 0 Å². The van der Waals surface area contributed by atoms with E-state index in [0.29, 0.717) is 0 Å². The molecule has 1 nitrogen and oxygen atoms in total. The van der Waals surface area contributed by atoms with E-state index < -0.39 is 0 Å². The van der Waals surface area contributed by atoms with Gasteiger partial charge in [0.1, 0.15) is 0 Å². The molecule has 0 aliphatic heterocycles. The van der Waals surface area contributed by atoms with Crippen molar-refractivity contribution in [3.8, 4) is 0 Å². The first-order chi connectivity index (χ1) is 16.8. The minimum absolute atomic E-state index is 0.804. The highest BCUT2D eigenvalue weighted by atomic mass is 35.5. The molecule has 0 saturated heterocycles. The largest absolute Gasteiger partial charge is 0.310 e. The lowest BCUT2D eigenvalue weighted by molar-refractivity contribution is 1.30. The molecule has 0 N–H and O–H groups in total. The molecule has 34 heavy (non-hydrogen) atoms. The summed E-state index contributed by atoms with van der Waals surface area (Å²) in [6.45, 7) is 0. The summed E-state index contributed by atoms with van der Waals surface area (Å²) >= 11 is 10.3. The molecule has 5 aromatic carbocycles. The fraction of sp³-hybridized carbons (Fsp3) is 0. The van der Waals surface area contributed by atoms with E-state index in [4.69, 9.17) is 11.6 Å². The summed E-state index contributed by atoms with van der Waals surface area (Å²) in [4.78, 5) is 2.34. The van der Waals surface area contributed by atoms with Gasteiger partial charge in [-0.3, -0.25) is 0 Å². The molecule has 0 atom stereocenters. The summed E-state index contributed by atoms with van der Waals surface area (Å²) in [5.41, 5.74) is 3.40. The van der Waals surface area contributed by atoms with E-state index in [9.17, 15) is 0 Å². The second kappa shape index (κ2) is 7.85. The van der Waals surface area contributed by atoms with Crippen LogP contribution in [0.25, 0.3) is 40.3 Å². The molecule has 0 spiro atoms. The summed E-state index contributed by atoms with van der Waals surface area (Å²) in [6, 6.07) is 38.9. The fourth-order valence-electron chi connectivity index (χ4n) is 4.79. The Labute approximate surface area is 210 Å². The van der Waals surface area contributed by atoms with Crippen LogP contribution in [0.1, 0.15) is 0 Å². The van der Waals surface area contributed by atoms with Gasteiger partial charge < -0.3 is 4.90 Å². The molecule has 0 radical (unpaired) electrons. The molecule has 7 aromatic rings. The Bertz CT molecular complexity index is 1830. The lowest BCUT2D eigenvalue weighted by Gasteiger charge is -2.25. The van der Waals surface area contributed by atoms with Gasteiger partial charge in [-0.2, -0.15) is 0 Å². The normalized spacial score (nSPS) is 11.7. The predicted octanol–water partition coefficient (Wildman–Crippen LogP) is 10.5. The van der Waals surface area contributed by atoms with E-state index in [0.717, 1.165) is 27.5 Å². The number of rotatable bonds is 3. The first kappa shape index (κ1) is 20.0. The Hall–Kier alpha value is -3.37. The average molecular weight is 492 g/mol. The maximum absolute atomic E-state index is 6.65. The van der Waals surface area contributed by atoms with E-state index in [2.05, 4.69) is 102 Å². The molecule has 2 aromatic heterocycles. The molecule has 0 bridgehead atoms. The number of hydrogen-bond donors (Lipinski definition) is 0. The van der Waals surface area contributed by atoms with Crippen LogP contribution < -0.4 is 4.90 Å². The Balaban J connectivity index is 1.49. The molecule has 0 aliphatic carbocycles. The third-order valence-corrected chi connectivity index (χ3v) is 8.92. The second-order valence-electron chi connectivity index (χ2n) is 8.35. The molecule has 7 rings (SSSR count). The van der Waals surface area contributed by atoms with Crippen molar-refractivity contribution in [3.63, 3.8) is 0 Å². The van der Waals surface area contributed by atoms with Gasteiger partial charge in [-0.15, -0.1) is 22.7 Å². The number of thiophene rings is 2. The zero-order valence-corrected chi connectivity index (χ0v) is 20.4. The standard InChI is InChI=1S/C30H18ClNS2/c31-25-10-6-12-29-30(25)24-18-21(14-16-28(24)34-29)32(19-7-2-1-3-8-19)20-13-15-27-23(17-20)22-9-4-5-11-26(22)33-27/h1-18H. The lowest BCUT2D eigenvalue weighted by atomic mass is 10.1. The van der Waals surface area contributed by atoms with Crippen LogP contribution in [0.5, 0.6) is 0 Å². The summed E-state index contributed by atoms with van der Waals surface area (Å²) in [5.74, 6) is 0. The zero-order valence-electron chi connectivity index (χ0n) is 18.0. The van der Waals surface area contributed by atoms with Gasteiger partial charge >= 0.3 is 0 Å². The van der Waals surface area contributed by atoms with Crippen molar-refractivity contribution >= 4 is 91.7 Å². The van der Waals surface area contributed by atoms with Gasteiger partial charge in [0.2, 0.25) is 0 Å². The van der Waals surface area contributed by atoms with Crippen molar-refractivity contribution in [2.24, 2.45) is 0 Å². The van der Waals surface area contributed by atoms with Gasteiger partial charge in [0.05, 0.1) is 0 Å². The molecular weight excluding hydrogens is 474 g/mol. The number of nitrogens with zero attached hydrogens (tertiary/aromatic N) is 1. The molecule has 2 heterocycles. The highest BCUT2D eigenvalue weighted by Crippen LogP contribution is 2.44. The summed E-state index contributed by atoms with van der Waals surface area (Å²) < 4.78 is 5.10. The Morgan fingerprint density at radius 3 is 1.91 bits per heavy atom. The number of para-hydroxylation sites is 1. The van der Waals surface area contributed by atoms with Crippen molar-refractivity contribution in [1.82, 2.24) is 0 Å². The number of benzene rings is 5. The molecule has 0 amide bonds. The predicted molar refractivity (Wildman–Crippen MR) is 152 cm³/mol. The van der Waals surface area contributed by atoms with E-state index in [-0.39, 0.29) is 0 Å². The van der Waals surface area contributed by atoms with Crippen LogP contribution in [0.3, 0.4) is 0 Å². The quantitative estimate of drug-likeness (QED) is 0.237. The SMILES string of the molecule is Clc1cccc2sc3ccc(N(c4ccccc4)c4ccc5sc6ccccc6c5c4)cc3c12. The topological polar surface area (TPSA) is 3.24 Å². The Morgan fingerprint density at radius 1 is 0.471 bits per heavy atom. The van der Waals surface area contributed by atoms with Crippen molar-refractivity contribution in [3.05, 3.63) is 114 Å². The molecule has 4 heteroatoms. The highest BCUT2D eigenvalue weighted by molar-refractivity contribution is 7.26. The Kier molecular flexibility index (Phi) is 4.63. The second-order valence-corrected chi connectivity index (χ2v) is 10.9. The Morgan fingerprint density at radius 2 is 1.09 bits per heavy atom. The number of halogens is 1. The van der Waals surface area contributed by atoms with Crippen LogP contribution in [0.15, 0.2) is 109 Å². The molecular formula is C30H18ClNS2. The van der Waals surface area contributed by atoms with E-state index >= 15 is 0 Å². The van der Waals surface area contributed by atoms with Crippen molar-refractivity contribution in [2.45, 2.75) is 0 Å². The summed E-state index contributed by atoms with van der Waals surface area (Å²) in [7, 11) is 0. The van der Waals surface area contributed by atoms with Gasteiger partial charge in [0, 0.05) is 62.4 Å². The lowest BCUT2D eigenvalue weighted by Crippen LogP contribution is -2.09. The van der Waals surface area contributed by atoms with Crippen molar-refractivity contribution < 1.29 is 0 Å². The van der Waals surface area contributed by atoms with Crippen LogP contribution in [-0.2, 0) is 0 Å². The minimum atomic E-state index is 0.804. The van der Waals surface area contributed by atoms with E-state index in [1.54, 1.807) is 11.3 Å². The van der Waals surface area contributed by atoms with Crippen LogP contribution in [0.4, 0.5) is 17.1 Å². The summed E-state index contributed by atoms with van der Waals surface area (Å²) in [6.07, 6.45) is 0. The number of fused-ring (bicyclic) bond motifs is 6. The van der Waals surface area contributed by atoms with Crippen molar-refractivity contribution in [2.75, 3.05) is 4.90 Å². The third-order valence-electron chi connectivity index (χ3n) is 6.32. The fourth-order valence-corrected chi connectivity index (χ4v) is 7.32. The highest BCUT2D eigenvalue weighted by Gasteiger charge is 2.17. The molecule has 0 fully saturated rings. The third kappa shape index (κ3) is 3.13. The minimum Gasteiger partial charge on any atom is -0.310 e. The zero-order chi connectivity index (χ0) is 22.6. The van der Waals surface area contributed by atoms with E-state index in [1.165, 1.54) is 35.0 Å². The van der Waals surface area contributed by atoms with Crippen LogP contribution in [0.2, 0.25) is 5.02 Å². The molecule has 0 saturated carbocycles. The molecule has 162 valence electrons. The first-order valence-corrected chi connectivity index (χ1v) is 13.1. The molecule has 0 aliphatic rings. The monoisotopic (exact) mass is 491 g/mol. The first-order valence-electron chi connectivity index (χ1n) is 11.1. The van der Waals surface area contributed by atoms with Gasteiger partial charge in [0.25, 0.3) is 0 Å². The number of hydrogen-bond acceptors (Lipinski definition) is 3. The van der Waals surface area contributed by atoms with E-state index in [1.807, 2.05) is 23.5 Å². The number of anilines is 3. The maximum atomic E-state index is 6.65. The average Bonchev–Trinajstić information content (AvgIpc) is 3.43. The van der Waals surface area contributed by atoms with Crippen molar-refractivity contribution in [1.29, 1.82) is 0 Å². The van der Waals surface area contributed by atoms with Crippen LogP contribution in [-0.4, -0.2) is 0 Å². The van der Waals surface area contributed by atoms with Crippen LogP contribution >= 0.6 is 34.3 Å². The molecule has 0 unspecified atom stereocenters. The van der Waals surface area contributed by atoms with Crippen LogP contribution in [0, 0.1) is 0 Å². The van der Waals surface area contributed by atoms with Gasteiger partial charge in [-0.1, -0.05) is 54.1 Å². The van der Waals surface area contributed by atoms with Gasteiger partial charge in [0.15, 0.2) is 0 Å². The maximum Gasteiger partial charge on any atom is 0.0499 e. The smallest absolute Gasteiger partial charge is 0.0499 e. The summed E-state index contributed by atoms with van der Waals surface area (Å²) in [5, 5.41) is 5.75. The van der Waals surface area contributed by atoms with Gasteiger partial charge in [-0.05, 0) is 66.7 Å².